The maximum absolute atomic E-state index is 13.1. The van der Waals surface area contributed by atoms with Crippen LogP contribution in [0.15, 0.2) is 48.5 Å². The van der Waals surface area contributed by atoms with Crippen molar-refractivity contribution >= 4 is 27.6 Å². The average molecular weight is 357 g/mol. The molecule has 130 valence electrons. The molecule has 2 aromatic carbocycles. The van der Waals surface area contributed by atoms with E-state index < -0.39 is 0 Å². The Labute approximate surface area is 150 Å². The molecule has 0 spiro atoms. The molecule has 3 rings (SSSR count). The summed E-state index contributed by atoms with van der Waals surface area (Å²) in [4.78, 5) is 18.3. The van der Waals surface area contributed by atoms with E-state index in [1.54, 1.807) is 29.4 Å². The molecule has 1 aromatic heterocycles. The minimum atomic E-state index is -0.225. The zero-order valence-corrected chi connectivity index (χ0v) is 14.9. The number of aromatic nitrogens is 1. The fourth-order valence-corrected chi connectivity index (χ4v) is 3.60. The third kappa shape index (κ3) is 4.76. The van der Waals surface area contributed by atoms with Crippen LogP contribution in [0.4, 0.5) is 9.18 Å². The monoisotopic (exact) mass is 357 g/mol. The standard InChI is InChI=1S/C19H20FN3OS/c1-23(13-18-22-16-9-2-3-10-17(16)25-18)19(24)21-11-5-7-14-6-4-8-15(20)12-14/h2-4,6,8-10,12H,5,7,11,13H2,1H3,(H,21,24). The number of carbonyl (C=O) groups excluding carboxylic acids is 1. The van der Waals surface area contributed by atoms with Crippen molar-refractivity contribution in [3.8, 4) is 0 Å². The van der Waals surface area contributed by atoms with E-state index in [1.807, 2.05) is 30.3 Å². The highest BCUT2D eigenvalue weighted by Crippen LogP contribution is 2.22. The van der Waals surface area contributed by atoms with Crippen LogP contribution in [0.1, 0.15) is 17.0 Å². The number of rotatable bonds is 6. The molecule has 0 fully saturated rings. The Morgan fingerprint density at radius 3 is 2.88 bits per heavy atom. The molecule has 25 heavy (non-hydrogen) atoms. The number of fused-ring (bicyclic) bond motifs is 1. The number of hydrogen-bond acceptors (Lipinski definition) is 3. The van der Waals surface area contributed by atoms with Gasteiger partial charge in [-0.05, 0) is 42.7 Å². The predicted molar refractivity (Wildman–Crippen MR) is 99.2 cm³/mol. The van der Waals surface area contributed by atoms with E-state index in [9.17, 15) is 9.18 Å². The largest absolute Gasteiger partial charge is 0.338 e. The first-order chi connectivity index (χ1) is 12.1. The second-order valence-corrected chi connectivity index (χ2v) is 7.01. The Hall–Kier alpha value is -2.47. The lowest BCUT2D eigenvalue weighted by Gasteiger charge is -2.16. The van der Waals surface area contributed by atoms with Crippen LogP contribution in [0.25, 0.3) is 10.2 Å². The van der Waals surface area contributed by atoms with Crippen molar-refractivity contribution in [2.75, 3.05) is 13.6 Å². The van der Waals surface area contributed by atoms with E-state index in [4.69, 9.17) is 0 Å². The Kier molecular flexibility index (Phi) is 5.60. The van der Waals surface area contributed by atoms with Gasteiger partial charge in [-0.3, -0.25) is 0 Å². The van der Waals surface area contributed by atoms with Gasteiger partial charge in [0.25, 0.3) is 0 Å². The van der Waals surface area contributed by atoms with E-state index in [1.165, 1.54) is 12.1 Å². The highest BCUT2D eigenvalue weighted by molar-refractivity contribution is 7.18. The summed E-state index contributed by atoms with van der Waals surface area (Å²) < 4.78 is 14.2. The molecule has 0 radical (unpaired) electrons. The summed E-state index contributed by atoms with van der Waals surface area (Å²) >= 11 is 1.60. The lowest BCUT2D eigenvalue weighted by Crippen LogP contribution is -2.37. The molecule has 4 nitrogen and oxygen atoms in total. The fourth-order valence-electron chi connectivity index (χ4n) is 2.58. The van der Waals surface area contributed by atoms with Gasteiger partial charge in [0.2, 0.25) is 0 Å². The van der Waals surface area contributed by atoms with Gasteiger partial charge in [0, 0.05) is 13.6 Å². The van der Waals surface area contributed by atoms with Crippen LogP contribution in [0.5, 0.6) is 0 Å². The number of benzene rings is 2. The van der Waals surface area contributed by atoms with Gasteiger partial charge in [0.15, 0.2) is 0 Å². The molecule has 0 aliphatic heterocycles. The predicted octanol–water partition coefficient (Wildman–Crippen LogP) is 4.21. The van der Waals surface area contributed by atoms with Crippen LogP contribution in [-0.4, -0.2) is 29.5 Å². The van der Waals surface area contributed by atoms with Gasteiger partial charge in [0.05, 0.1) is 16.8 Å². The smallest absolute Gasteiger partial charge is 0.317 e. The van der Waals surface area contributed by atoms with E-state index in [0.717, 1.165) is 33.6 Å². The van der Waals surface area contributed by atoms with Crippen LogP contribution in [0.2, 0.25) is 0 Å². The van der Waals surface area contributed by atoms with Gasteiger partial charge in [0.1, 0.15) is 10.8 Å². The van der Waals surface area contributed by atoms with Crippen LogP contribution in [0, 0.1) is 5.82 Å². The molecular formula is C19H20FN3OS. The number of urea groups is 1. The summed E-state index contributed by atoms with van der Waals surface area (Å²) in [6, 6.07) is 14.4. The molecule has 0 saturated carbocycles. The van der Waals surface area contributed by atoms with Gasteiger partial charge < -0.3 is 10.2 Å². The van der Waals surface area contributed by atoms with E-state index in [0.29, 0.717) is 13.1 Å². The van der Waals surface area contributed by atoms with Crippen molar-refractivity contribution in [3.05, 3.63) is 64.9 Å². The fraction of sp³-hybridized carbons (Fsp3) is 0.263. The van der Waals surface area contributed by atoms with Gasteiger partial charge in [-0.15, -0.1) is 11.3 Å². The van der Waals surface area contributed by atoms with Crippen LogP contribution in [0.3, 0.4) is 0 Å². The molecule has 0 atom stereocenters. The number of nitrogens with zero attached hydrogens (tertiary/aromatic N) is 2. The lowest BCUT2D eigenvalue weighted by molar-refractivity contribution is 0.207. The maximum Gasteiger partial charge on any atom is 0.317 e. The van der Waals surface area contributed by atoms with Crippen molar-refractivity contribution in [2.24, 2.45) is 0 Å². The number of thiazole rings is 1. The van der Waals surface area contributed by atoms with Gasteiger partial charge in [-0.25, -0.2) is 14.2 Å². The zero-order chi connectivity index (χ0) is 17.6. The summed E-state index contributed by atoms with van der Waals surface area (Å²) in [5.74, 6) is -0.225. The number of carbonyl (C=O) groups is 1. The van der Waals surface area contributed by atoms with Crippen molar-refractivity contribution in [1.82, 2.24) is 15.2 Å². The molecule has 0 aliphatic rings. The minimum absolute atomic E-state index is 0.126. The summed E-state index contributed by atoms with van der Waals surface area (Å²) in [7, 11) is 1.76. The van der Waals surface area contributed by atoms with Gasteiger partial charge >= 0.3 is 6.03 Å². The summed E-state index contributed by atoms with van der Waals surface area (Å²) in [5.41, 5.74) is 1.91. The molecule has 0 aliphatic carbocycles. The first-order valence-electron chi connectivity index (χ1n) is 8.19. The van der Waals surface area contributed by atoms with Crippen LogP contribution < -0.4 is 5.32 Å². The number of para-hydroxylation sites is 1. The number of halogens is 1. The van der Waals surface area contributed by atoms with Gasteiger partial charge in [-0.1, -0.05) is 24.3 Å². The molecular weight excluding hydrogens is 337 g/mol. The minimum Gasteiger partial charge on any atom is -0.338 e. The second kappa shape index (κ2) is 8.07. The summed E-state index contributed by atoms with van der Waals surface area (Å²) in [6.07, 6.45) is 1.50. The van der Waals surface area contributed by atoms with Crippen molar-refractivity contribution in [1.29, 1.82) is 0 Å². The molecule has 2 amide bonds. The molecule has 0 saturated heterocycles. The third-order valence-electron chi connectivity index (χ3n) is 3.86. The highest BCUT2D eigenvalue weighted by Gasteiger charge is 2.11. The summed E-state index contributed by atoms with van der Waals surface area (Å²) in [5, 5.41) is 3.81. The number of hydrogen-bond donors (Lipinski definition) is 1. The van der Waals surface area contributed by atoms with Crippen molar-refractivity contribution < 1.29 is 9.18 Å². The second-order valence-electron chi connectivity index (χ2n) is 5.90. The number of amides is 2. The quantitative estimate of drug-likeness (QED) is 0.672. The van der Waals surface area contributed by atoms with E-state index in [-0.39, 0.29) is 11.8 Å². The summed E-state index contributed by atoms with van der Waals surface area (Å²) in [6.45, 7) is 1.04. The average Bonchev–Trinajstić information content (AvgIpc) is 3.00. The van der Waals surface area contributed by atoms with E-state index >= 15 is 0 Å². The molecule has 3 aromatic rings. The van der Waals surface area contributed by atoms with Crippen molar-refractivity contribution in [2.45, 2.75) is 19.4 Å². The molecule has 0 unspecified atom stereocenters. The number of aryl methyl sites for hydroxylation is 1. The maximum atomic E-state index is 13.1. The first kappa shape index (κ1) is 17.4. The molecule has 6 heteroatoms. The lowest BCUT2D eigenvalue weighted by atomic mass is 10.1. The number of nitrogens with one attached hydrogen (secondary N) is 1. The van der Waals surface area contributed by atoms with Crippen LogP contribution >= 0.6 is 11.3 Å². The SMILES string of the molecule is CN(Cc1nc2ccccc2s1)C(=O)NCCCc1cccc(F)c1. The van der Waals surface area contributed by atoms with E-state index in [2.05, 4.69) is 10.3 Å². The zero-order valence-electron chi connectivity index (χ0n) is 14.0. The Bertz CT molecular complexity index is 832. The Morgan fingerprint density at radius 1 is 1.24 bits per heavy atom. The third-order valence-corrected chi connectivity index (χ3v) is 4.89. The topological polar surface area (TPSA) is 45.2 Å². The Morgan fingerprint density at radius 2 is 2.08 bits per heavy atom. The van der Waals surface area contributed by atoms with Crippen LogP contribution in [-0.2, 0) is 13.0 Å². The molecule has 0 bridgehead atoms. The Balaban J connectivity index is 1.44. The normalized spacial score (nSPS) is 10.8. The molecule has 1 heterocycles. The molecule has 1 N–H and O–H groups in total. The van der Waals surface area contributed by atoms with Gasteiger partial charge in [-0.2, -0.15) is 0 Å². The highest BCUT2D eigenvalue weighted by atomic mass is 32.1. The van der Waals surface area contributed by atoms with Crippen molar-refractivity contribution in [3.63, 3.8) is 0 Å². The first-order valence-corrected chi connectivity index (χ1v) is 9.01.